The number of hydrogen-bond acceptors (Lipinski definition) is 3. The van der Waals surface area contributed by atoms with Crippen LogP contribution in [0, 0.1) is 0 Å². The Morgan fingerprint density at radius 2 is 1.71 bits per heavy atom. The molecule has 1 aliphatic heterocycles. The number of benzene rings is 3. The van der Waals surface area contributed by atoms with Gasteiger partial charge in [0.25, 0.3) is 5.56 Å². The number of carbonyl (C=O) groups is 1. The van der Waals surface area contributed by atoms with E-state index in [9.17, 15) is 9.59 Å². The highest BCUT2D eigenvalue weighted by molar-refractivity contribution is 9.10. The number of fused-ring (bicyclic) bond motifs is 1. The molecule has 0 saturated heterocycles. The average Bonchev–Trinajstić information content (AvgIpc) is 3.29. The molecule has 0 saturated carbocycles. The number of hydrazone groups is 1. The molecule has 1 N–H and O–H groups in total. The van der Waals surface area contributed by atoms with Gasteiger partial charge in [-0.2, -0.15) is 5.10 Å². The minimum atomic E-state index is -0.267. The molecular formula is C27H21Br2N3O2. The van der Waals surface area contributed by atoms with Gasteiger partial charge in [-0.3, -0.25) is 9.59 Å². The molecule has 0 spiro atoms. The Labute approximate surface area is 213 Å². The van der Waals surface area contributed by atoms with Crippen molar-refractivity contribution in [2.45, 2.75) is 25.8 Å². The number of hydrogen-bond donors (Lipinski definition) is 1. The van der Waals surface area contributed by atoms with Gasteiger partial charge in [0.1, 0.15) is 0 Å². The lowest BCUT2D eigenvalue weighted by Crippen LogP contribution is -2.26. The van der Waals surface area contributed by atoms with Crippen LogP contribution < -0.4 is 5.56 Å². The summed E-state index contributed by atoms with van der Waals surface area (Å²) in [5.41, 5.74) is 4.37. The summed E-state index contributed by atoms with van der Waals surface area (Å²) in [4.78, 5) is 29.4. The number of aromatic nitrogens is 1. The van der Waals surface area contributed by atoms with Crippen LogP contribution in [0.15, 0.2) is 91.6 Å². The molecule has 0 unspecified atom stereocenters. The molecule has 0 bridgehead atoms. The number of H-pyrrole nitrogens is 1. The van der Waals surface area contributed by atoms with Gasteiger partial charge in [0, 0.05) is 38.3 Å². The van der Waals surface area contributed by atoms with Gasteiger partial charge < -0.3 is 4.98 Å². The van der Waals surface area contributed by atoms with Crippen molar-refractivity contribution in [1.29, 1.82) is 0 Å². The van der Waals surface area contributed by atoms with Crippen LogP contribution in [0.3, 0.4) is 0 Å². The molecule has 1 atom stereocenters. The fourth-order valence-corrected chi connectivity index (χ4v) is 5.07. The van der Waals surface area contributed by atoms with Crippen molar-refractivity contribution in [2.75, 3.05) is 0 Å². The standard InChI is InChI=1S/C27H21Br2N3O2/c1-2-24(33)32-23(16-8-10-18(28)11-9-16)15-22(31-32)26-25(17-6-4-3-5-7-17)20-14-19(29)12-13-21(20)30-27(26)34/h3-14,23H,2,15H2,1H3,(H,30,34)/t23-/m0/s1. The number of carbonyl (C=O) groups excluding carboxylic acids is 1. The van der Waals surface area contributed by atoms with Crippen molar-refractivity contribution < 1.29 is 4.79 Å². The molecule has 0 fully saturated rings. The molecule has 4 aromatic rings. The van der Waals surface area contributed by atoms with Crippen molar-refractivity contribution in [3.63, 3.8) is 0 Å². The topological polar surface area (TPSA) is 65.5 Å². The van der Waals surface area contributed by atoms with Gasteiger partial charge in [0.05, 0.1) is 17.3 Å². The second-order valence-corrected chi connectivity index (χ2v) is 10.0. The molecule has 5 nitrogen and oxygen atoms in total. The summed E-state index contributed by atoms with van der Waals surface area (Å²) < 4.78 is 1.88. The number of nitrogens with one attached hydrogen (secondary N) is 1. The molecule has 3 aromatic carbocycles. The van der Waals surface area contributed by atoms with Crippen molar-refractivity contribution in [1.82, 2.24) is 9.99 Å². The fraction of sp³-hybridized carbons (Fsp3) is 0.148. The number of rotatable bonds is 4. The van der Waals surface area contributed by atoms with E-state index >= 15 is 0 Å². The lowest BCUT2D eigenvalue weighted by molar-refractivity contribution is -0.132. The predicted octanol–water partition coefficient (Wildman–Crippen LogP) is 6.81. The first-order valence-corrected chi connectivity index (χ1v) is 12.6. The van der Waals surface area contributed by atoms with E-state index in [1.807, 2.05) is 79.7 Å². The largest absolute Gasteiger partial charge is 0.321 e. The molecule has 5 rings (SSSR count). The Morgan fingerprint density at radius 3 is 2.41 bits per heavy atom. The number of halogens is 2. The lowest BCUT2D eigenvalue weighted by Gasteiger charge is -2.21. The van der Waals surface area contributed by atoms with Gasteiger partial charge in [-0.05, 0) is 41.5 Å². The first-order chi connectivity index (χ1) is 16.5. The molecule has 1 aromatic heterocycles. The zero-order valence-electron chi connectivity index (χ0n) is 18.4. The Balaban J connectivity index is 1.74. The molecule has 0 aliphatic carbocycles. The third-order valence-corrected chi connectivity index (χ3v) is 7.07. The van der Waals surface area contributed by atoms with Crippen LogP contribution >= 0.6 is 31.9 Å². The summed E-state index contributed by atoms with van der Waals surface area (Å²) in [5.74, 6) is -0.0795. The Morgan fingerprint density at radius 1 is 1.00 bits per heavy atom. The van der Waals surface area contributed by atoms with Crippen molar-refractivity contribution >= 4 is 54.4 Å². The molecule has 170 valence electrons. The molecule has 1 amide bonds. The SMILES string of the molecule is CCC(=O)N1N=C(c2c(-c3ccccc3)c3cc(Br)ccc3[nH]c2=O)C[C@H]1c1ccc(Br)cc1. The van der Waals surface area contributed by atoms with Crippen molar-refractivity contribution in [2.24, 2.45) is 5.10 Å². The summed E-state index contributed by atoms with van der Waals surface area (Å²) in [6.07, 6.45) is 0.784. The molecule has 0 radical (unpaired) electrons. The van der Waals surface area contributed by atoms with E-state index in [1.165, 1.54) is 5.01 Å². The maximum absolute atomic E-state index is 13.5. The van der Waals surface area contributed by atoms with Gasteiger partial charge in [-0.15, -0.1) is 0 Å². The summed E-state index contributed by atoms with van der Waals surface area (Å²) in [6.45, 7) is 1.82. The van der Waals surface area contributed by atoms with E-state index in [2.05, 4.69) is 36.8 Å². The van der Waals surface area contributed by atoms with Gasteiger partial charge in [0.2, 0.25) is 5.91 Å². The molecule has 2 heterocycles. The Bertz CT molecular complexity index is 1480. The second kappa shape index (κ2) is 9.31. The van der Waals surface area contributed by atoms with Crippen molar-refractivity contribution in [3.05, 3.63) is 103 Å². The van der Waals surface area contributed by atoms with E-state index in [0.29, 0.717) is 24.1 Å². The van der Waals surface area contributed by atoms with E-state index in [-0.39, 0.29) is 17.5 Å². The van der Waals surface area contributed by atoms with Crippen LogP contribution in [0.2, 0.25) is 0 Å². The quantitative estimate of drug-likeness (QED) is 0.289. The highest BCUT2D eigenvalue weighted by Gasteiger charge is 2.34. The first kappa shape index (κ1) is 22.7. The van der Waals surface area contributed by atoms with Crippen LogP contribution in [0.4, 0.5) is 0 Å². The molecule has 34 heavy (non-hydrogen) atoms. The monoisotopic (exact) mass is 577 g/mol. The minimum absolute atomic E-state index is 0.0795. The van der Waals surface area contributed by atoms with Gasteiger partial charge in [-0.25, -0.2) is 5.01 Å². The fourth-order valence-electron chi connectivity index (χ4n) is 4.44. The summed E-state index contributed by atoms with van der Waals surface area (Å²) >= 11 is 7.05. The molecule has 7 heteroatoms. The zero-order valence-corrected chi connectivity index (χ0v) is 21.6. The maximum atomic E-state index is 13.5. The first-order valence-electron chi connectivity index (χ1n) is 11.0. The van der Waals surface area contributed by atoms with Crippen LogP contribution in [0.1, 0.15) is 36.9 Å². The third-order valence-electron chi connectivity index (χ3n) is 6.05. The van der Waals surface area contributed by atoms with E-state index in [4.69, 9.17) is 5.10 Å². The van der Waals surface area contributed by atoms with E-state index in [0.717, 1.165) is 36.5 Å². The zero-order chi connectivity index (χ0) is 23.8. The molecular weight excluding hydrogens is 558 g/mol. The lowest BCUT2D eigenvalue weighted by atomic mass is 9.91. The van der Waals surface area contributed by atoms with E-state index < -0.39 is 0 Å². The predicted molar refractivity (Wildman–Crippen MR) is 143 cm³/mol. The smallest absolute Gasteiger partial charge is 0.258 e. The number of nitrogens with zero attached hydrogens (tertiary/aromatic N) is 2. The summed E-state index contributed by atoms with van der Waals surface area (Å²) in [6, 6.07) is 23.3. The van der Waals surface area contributed by atoms with Crippen molar-refractivity contribution in [3.8, 4) is 11.1 Å². The molecule has 1 aliphatic rings. The van der Waals surface area contributed by atoms with Gasteiger partial charge in [0.15, 0.2) is 0 Å². The minimum Gasteiger partial charge on any atom is -0.321 e. The normalized spacial score (nSPS) is 15.6. The summed E-state index contributed by atoms with van der Waals surface area (Å²) in [7, 11) is 0. The average molecular weight is 579 g/mol. The van der Waals surface area contributed by atoms with E-state index in [1.54, 1.807) is 0 Å². The Kier molecular flexibility index (Phi) is 6.23. The van der Waals surface area contributed by atoms with Gasteiger partial charge >= 0.3 is 0 Å². The number of amides is 1. The number of pyridine rings is 1. The summed E-state index contributed by atoms with van der Waals surface area (Å²) in [5, 5.41) is 7.20. The maximum Gasteiger partial charge on any atom is 0.258 e. The van der Waals surface area contributed by atoms with Crippen LogP contribution in [-0.2, 0) is 4.79 Å². The van der Waals surface area contributed by atoms with Gasteiger partial charge in [-0.1, -0.05) is 81.2 Å². The highest BCUT2D eigenvalue weighted by atomic mass is 79.9. The Hall–Kier alpha value is -3.03. The van der Waals surface area contributed by atoms with Crippen LogP contribution in [-0.4, -0.2) is 21.6 Å². The second-order valence-electron chi connectivity index (χ2n) is 8.17. The van der Waals surface area contributed by atoms with Crippen LogP contribution in [0.25, 0.3) is 22.0 Å². The number of aromatic amines is 1. The third kappa shape index (κ3) is 4.14. The highest BCUT2D eigenvalue weighted by Crippen LogP contribution is 2.37. The van der Waals surface area contributed by atoms with Crippen LogP contribution in [0.5, 0.6) is 0 Å².